The minimum atomic E-state index is -0.264. The standard InChI is InChI=1S/C19H18N2O2S2/c1-13(18(22)20-15-10-6-7-11-17(15)23-2)25-19-21-16(12-24-19)14-8-4-3-5-9-14/h3-13H,1-2H3,(H,20,22)/t13-/m1/s1. The highest BCUT2D eigenvalue weighted by atomic mass is 32.2. The van der Waals surface area contributed by atoms with Crippen molar-refractivity contribution in [1.82, 2.24) is 4.98 Å². The number of ether oxygens (including phenoxy) is 1. The number of hydrogen-bond donors (Lipinski definition) is 1. The molecule has 0 spiro atoms. The second-order valence-corrected chi connectivity index (χ2v) is 7.76. The third-order valence-corrected chi connectivity index (χ3v) is 5.64. The van der Waals surface area contributed by atoms with Gasteiger partial charge in [-0.05, 0) is 19.1 Å². The summed E-state index contributed by atoms with van der Waals surface area (Å²) in [6, 6.07) is 17.4. The summed E-state index contributed by atoms with van der Waals surface area (Å²) < 4.78 is 6.14. The number of anilines is 1. The molecule has 3 rings (SSSR count). The maximum atomic E-state index is 12.5. The lowest BCUT2D eigenvalue weighted by atomic mass is 10.2. The number of nitrogens with one attached hydrogen (secondary N) is 1. The van der Waals surface area contributed by atoms with Gasteiger partial charge in [0, 0.05) is 10.9 Å². The van der Waals surface area contributed by atoms with E-state index >= 15 is 0 Å². The lowest BCUT2D eigenvalue weighted by molar-refractivity contribution is -0.115. The minimum Gasteiger partial charge on any atom is -0.495 e. The zero-order valence-corrected chi connectivity index (χ0v) is 15.6. The van der Waals surface area contributed by atoms with Crippen LogP contribution < -0.4 is 10.1 Å². The van der Waals surface area contributed by atoms with Crippen LogP contribution in [0, 0.1) is 0 Å². The van der Waals surface area contributed by atoms with Crippen LogP contribution in [0.1, 0.15) is 6.92 Å². The van der Waals surface area contributed by atoms with Crippen molar-refractivity contribution in [1.29, 1.82) is 0 Å². The number of thioether (sulfide) groups is 1. The molecule has 0 saturated heterocycles. The number of carbonyl (C=O) groups is 1. The molecule has 0 aliphatic carbocycles. The Morgan fingerprint density at radius 3 is 2.64 bits per heavy atom. The van der Waals surface area contributed by atoms with Gasteiger partial charge in [-0.2, -0.15) is 0 Å². The van der Waals surface area contributed by atoms with Crippen LogP contribution in [0.4, 0.5) is 5.69 Å². The molecule has 2 aromatic carbocycles. The highest BCUT2D eigenvalue weighted by Gasteiger charge is 2.18. The van der Waals surface area contributed by atoms with Gasteiger partial charge < -0.3 is 10.1 Å². The van der Waals surface area contributed by atoms with Crippen molar-refractivity contribution >= 4 is 34.7 Å². The number of para-hydroxylation sites is 2. The van der Waals surface area contributed by atoms with E-state index in [2.05, 4.69) is 10.3 Å². The Morgan fingerprint density at radius 1 is 1.16 bits per heavy atom. The Bertz CT molecular complexity index is 849. The van der Waals surface area contributed by atoms with E-state index in [0.29, 0.717) is 11.4 Å². The number of aromatic nitrogens is 1. The third-order valence-electron chi connectivity index (χ3n) is 3.56. The van der Waals surface area contributed by atoms with Crippen molar-refractivity contribution < 1.29 is 9.53 Å². The van der Waals surface area contributed by atoms with Gasteiger partial charge in [0.2, 0.25) is 5.91 Å². The average molecular weight is 370 g/mol. The van der Waals surface area contributed by atoms with Gasteiger partial charge in [-0.1, -0.05) is 54.2 Å². The summed E-state index contributed by atoms with van der Waals surface area (Å²) in [5.74, 6) is 0.569. The second-order valence-electron chi connectivity index (χ2n) is 5.31. The highest BCUT2D eigenvalue weighted by molar-refractivity contribution is 8.02. The largest absolute Gasteiger partial charge is 0.495 e. The molecule has 1 N–H and O–H groups in total. The van der Waals surface area contributed by atoms with Gasteiger partial charge in [0.25, 0.3) is 0 Å². The van der Waals surface area contributed by atoms with E-state index in [1.165, 1.54) is 11.8 Å². The second kappa shape index (κ2) is 8.18. The van der Waals surface area contributed by atoms with Crippen LogP contribution in [0.3, 0.4) is 0 Å². The van der Waals surface area contributed by atoms with Gasteiger partial charge in [0.15, 0.2) is 4.34 Å². The number of methoxy groups -OCH3 is 1. The molecule has 1 amide bonds. The lowest BCUT2D eigenvalue weighted by Crippen LogP contribution is -2.22. The fourth-order valence-corrected chi connectivity index (χ4v) is 4.21. The van der Waals surface area contributed by atoms with Crippen molar-refractivity contribution in [2.45, 2.75) is 16.5 Å². The van der Waals surface area contributed by atoms with E-state index in [0.717, 1.165) is 15.6 Å². The highest BCUT2D eigenvalue weighted by Crippen LogP contribution is 2.31. The summed E-state index contributed by atoms with van der Waals surface area (Å²) in [7, 11) is 1.59. The van der Waals surface area contributed by atoms with Crippen molar-refractivity contribution in [3.8, 4) is 17.0 Å². The molecule has 128 valence electrons. The zero-order chi connectivity index (χ0) is 17.6. The van der Waals surface area contributed by atoms with Crippen LogP contribution in [0.25, 0.3) is 11.3 Å². The van der Waals surface area contributed by atoms with E-state index in [1.54, 1.807) is 18.4 Å². The predicted molar refractivity (Wildman–Crippen MR) is 104 cm³/mol. The van der Waals surface area contributed by atoms with E-state index in [1.807, 2.05) is 66.9 Å². The number of nitrogens with zero attached hydrogens (tertiary/aromatic N) is 1. The quantitative estimate of drug-likeness (QED) is 0.625. The molecule has 0 fully saturated rings. The van der Waals surface area contributed by atoms with Gasteiger partial charge in [0.05, 0.1) is 23.7 Å². The summed E-state index contributed by atoms with van der Waals surface area (Å²) in [6.07, 6.45) is 0. The zero-order valence-electron chi connectivity index (χ0n) is 13.9. The maximum Gasteiger partial charge on any atom is 0.237 e. The molecule has 3 aromatic rings. The van der Waals surface area contributed by atoms with Crippen molar-refractivity contribution in [2.24, 2.45) is 0 Å². The number of rotatable bonds is 6. The monoisotopic (exact) mass is 370 g/mol. The van der Waals surface area contributed by atoms with Gasteiger partial charge in [-0.15, -0.1) is 11.3 Å². The number of carbonyl (C=O) groups excluding carboxylic acids is 1. The Balaban J connectivity index is 1.65. The fourth-order valence-electron chi connectivity index (χ4n) is 2.24. The molecule has 25 heavy (non-hydrogen) atoms. The first kappa shape index (κ1) is 17.5. The van der Waals surface area contributed by atoms with E-state index in [4.69, 9.17) is 4.74 Å². The van der Waals surface area contributed by atoms with Crippen LogP contribution in [0.2, 0.25) is 0 Å². The van der Waals surface area contributed by atoms with Crippen molar-refractivity contribution in [3.05, 3.63) is 60.0 Å². The van der Waals surface area contributed by atoms with Crippen LogP contribution >= 0.6 is 23.1 Å². The van der Waals surface area contributed by atoms with Gasteiger partial charge in [-0.3, -0.25) is 4.79 Å². The molecule has 1 aromatic heterocycles. The molecule has 0 radical (unpaired) electrons. The van der Waals surface area contributed by atoms with Crippen LogP contribution in [-0.2, 0) is 4.79 Å². The summed E-state index contributed by atoms with van der Waals surface area (Å²) in [4.78, 5) is 17.1. The van der Waals surface area contributed by atoms with Crippen molar-refractivity contribution in [2.75, 3.05) is 12.4 Å². The Hall–Kier alpha value is -2.31. The minimum absolute atomic E-state index is 0.0778. The average Bonchev–Trinajstić information content (AvgIpc) is 3.11. The van der Waals surface area contributed by atoms with Crippen LogP contribution in [0.5, 0.6) is 5.75 Å². The predicted octanol–water partition coefficient (Wildman–Crippen LogP) is 4.94. The summed E-state index contributed by atoms with van der Waals surface area (Å²) >= 11 is 3.01. The molecule has 0 unspecified atom stereocenters. The Kier molecular flexibility index (Phi) is 5.73. The van der Waals surface area contributed by atoms with Gasteiger partial charge in [-0.25, -0.2) is 4.98 Å². The van der Waals surface area contributed by atoms with Gasteiger partial charge >= 0.3 is 0 Å². The molecule has 0 aliphatic rings. The fraction of sp³-hybridized carbons (Fsp3) is 0.158. The summed E-state index contributed by atoms with van der Waals surface area (Å²) in [6.45, 7) is 1.87. The molecular weight excluding hydrogens is 352 g/mol. The molecule has 6 heteroatoms. The molecule has 1 heterocycles. The normalized spacial score (nSPS) is 11.8. The molecule has 0 bridgehead atoms. The SMILES string of the molecule is COc1ccccc1NC(=O)[C@@H](C)Sc1nc(-c2ccccc2)cs1. The smallest absolute Gasteiger partial charge is 0.237 e. The summed E-state index contributed by atoms with van der Waals surface area (Å²) in [5.41, 5.74) is 2.69. The van der Waals surface area contributed by atoms with Crippen LogP contribution in [0.15, 0.2) is 64.3 Å². The first-order valence-corrected chi connectivity index (χ1v) is 9.55. The topological polar surface area (TPSA) is 51.2 Å². The molecule has 4 nitrogen and oxygen atoms in total. The molecular formula is C19H18N2O2S2. The Labute approximate surface area is 155 Å². The van der Waals surface area contributed by atoms with E-state index in [9.17, 15) is 4.79 Å². The maximum absolute atomic E-state index is 12.5. The van der Waals surface area contributed by atoms with Crippen LogP contribution in [-0.4, -0.2) is 23.3 Å². The number of hydrogen-bond acceptors (Lipinski definition) is 5. The molecule has 1 atom stereocenters. The molecule has 0 saturated carbocycles. The first-order valence-electron chi connectivity index (χ1n) is 7.79. The summed E-state index contributed by atoms with van der Waals surface area (Å²) in [5, 5.41) is 4.66. The van der Waals surface area contributed by atoms with Gasteiger partial charge in [0.1, 0.15) is 5.75 Å². The first-order chi connectivity index (χ1) is 12.2. The van der Waals surface area contributed by atoms with Crippen molar-refractivity contribution in [3.63, 3.8) is 0 Å². The lowest BCUT2D eigenvalue weighted by Gasteiger charge is -2.13. The number of thiazole rings is 1. The number of benzene rings is 2. The molecule has 0 aliphatic heterocycles. The number of amides is 1. The third kappa shape index (κ3) is 4.41. The van der Waals surface area contributed by atoms with E-state index < -0.39 is 0 Å². The Morgan fingerprint density at radius 2 is 1.88 bits per heavy atom. The van der Waals surface area contributed by atoms with E-state index in [-0.39, 0.29) is 11.2 Å².